The van der Waals surface area contributed by atoms with Gasteiger partial charge in [0.25, 0.3) is 0 Å². The van der Waals surface area contributed by atoms with Gasteiger partial charge in [0.05, 0.1) is 4.47 Å². The van der Waals surface area contributed by atoms with Crippen LogP contribution in [0.3, 0.4) is 0 Å². The molecule has 2 aromatic rings. The van der Waals surface area contributed by atoms with Gasteiger partial charge in [-0.05, 0) is 58.3 Å². The predicted molar refractivity (Wildman–Crippen MR) is 109 cm³/mol. The first kappa shape index (κ1) is 20.7. The molecule has 5 nitrogen and oxygen atoms in total. The lowest BCUT2D eigenvalue weighted by atomic mass is 10.1. The number of carboxylic acids is 1. The normalized spacial score (nSPS) is 11.1. The Kier molecular flexibility index (Phi) is 8.07. The quantitative estimate of drug-likeness (QED) is 0.413. The number of carbonyl (C=O) groups excluding carboxylic acids is 1. The van der Waals surface area contributed by atoms with E-state index in [2.05, 4.69) is 21.2 Å². The molecule has 2 N–H and O–H groups in total. The molecule has 0 unspecified atom stereocenters. The van der Waals surface area contributed by atoms with Crippen molar-refractivity contribution in [1.29, 1.82) is 0 Å². The van der Waals surface area contributed by atoms with Crippen LogP contribution in [0.1, 0.15) is 38.2 Å². The second-order valence-corrected chi connectivity index (χ2v) is 6.82. The van der Waals surface area contributed by atoms with E-state index in [-0.39, 0.29) is 11.6 Å². The first-order valence-corrected chi connectivity index (χ1v) is 9.56. The van der Waals surface area contributed by atoms with E-state index in [4.69, 9.17) is 4.74 Å². The molecule has 0 saturated carbocycles. The topological polar surface area (TPSA) is 75.6 Å². The van der Waals surface area contributed by atoms with Crippen molar-refractivity contribution in [3.63, 3.8) is 0 Å². The Morgan fingerprint density at radius 3 is 2.44 bits per heavy atom. The summed E-state index contributed by atoms with van der Waals surface area (Å²) >= 11 is 3.42. The molecule has 0 aliphatic heterocycles. The van der Waals surface area contributed by atoms with Gasteiger partial charge in [0.1, 0.15) is 17.2 Å². The molecule has 2 rings (SSSR count). The van der Waals surface area contributed by atoms with Crippen molar-refractivity contribution in [2.24, 2.45) is 0 Å². The molecule has 0 aliphatic carbocycles. The maximum absolute atomic E-state index is 11.9. The number of halogens is 1. The number of para-hydroxylation sites is 1. The average Bonchev–Trinajstić information content (AvgIpc) is 2.64. The molecule has 1 amide bonds. The van der Waals surface area contributed by atoms with Gasteiger partial charge in [-0.25, -0.2) is 4.79 Å². The Morgan fingerprint density at radius 1 is 1.11 bits per heavy atom. The Hall–Kier alpha value is -2.60. The summed E-state index contributed by atoms with van der Waals surface area (Å²) in [7, 11) is 0. The van der Waals surface area contributed by atoms with Crippen molar-refractivity contribution in [2.75, 3.05) is 0 Å². The van der Waals surface area contributed by atoms with E-state index in [0.717, 1.165) is 23.7 Å². The van der Waals surface area contributed by atoms with Crippen LogP contribution in [0.5, 0.6) is 11.5 Å². The molecule has 0 radical (unpaired) electrons. The Morgan fingerprint density at radius 2 is 1.81 bits per heavy atom. The van der Waals surface area contributed by atoms with Gasteiger partial charge in [-0.15, -0.1) is 0 Å². The number of amides is 1. The number of hydrogen-bond donors (Lipinski definition) is 2. The lowest BCUT2D eigenvalue weighted by Crippen LogP contribution is -2.26. The predicted octanol–water partition coefficient (Wildman–Crippen LogP) is 5.36. The summed E-state index contributed by atoms with van der Waals surface area (Å²) in [5.74, 6) is -0.149. The van der Waals surface area contributed by atoms with Crippen LogP contribution in [0.2, 0.25) is 0 Å². The van der Waals surface area contributed by atoms with Crippen LogP contribution in [0.25, 0.3) is 6.08 Å². The van der Waals surface area contributed by atoms with Crippen molar-refractivity contribution in [1.82, 2.24) is 5.32 Å². The zero-order chi connectivity index (χ0) is 19.6. The van der Waals surface area contributed by atoms with E-state index in [1.54, 1.807) is 24.3 Å². The molecule has 2 aromatic carbocycles. The fraction of sp³-hybridized carbons (Fsp3) is 0.238. The highest BCUT2D eigenvalue weighted by atomic mass is 79.9. The SMILES string of the molecule is CCCCCC(=O)N/C(=C\c1ccc(Oc2ccccc2Br)cc1)C(=O)O. The van der Waals surface area contributed by atoms with Gasteiger partial charge in [-0.3, -0.25) is 4.79 Å². The van der Waals surface area contributed by atoms with Crippen LogP contribution in [0.15, 0.2) is 58.7 Å². The minimum atomic E-state index is -1.17. The number of ether oxygens (including phenoxy) is 1. The van der Waals surface area contributed by atoms with Gasteiger partial charge in [0.15, 0.2) is 0 Å². The number of unbranched alkanes of at least 4 members (excludes halogenated alkanes) is 2. The van der Waals surface area contributed by atoms with Gasteiger partial charge < -0.3 is 15.2 Å². The lowest BCUT2D eigenvalue weighted by Gasteiger charge is -2.08. The van der Waals surface area contributed by atoms with Gasteiger partial charge >= 0.3 is 5.97 Å². The first-order valence-electron chi connectivity index (χ1n) is 8.77. The van der Waals surface area contributed by atoms with Gasteiger partial charge in [0.2, 0.25) is 5.91 Å². The molecule has 0 bridgehead atoms. The van der Waals surface area contributed by atoms with Crippen molar-refractivity contribution in [2.45, 2.75) is 32.6 Å². The number of rotatable bonds is 9. The fourth-order valence-electron chi connectivity index (χ4n) is 2.35. The minimum Gasteiger partial charge on any atom is -0.477 e. The average molecular weight is 432 g/mol. The van der Waals surface area contributed by atoms with Crippen LogP contribution in [-0.2, 0) is 9.59 Å². The molecule has 0 fully saturated rings. The van der Waals surface area contributed by atoms with E-state index in [0.29, 0.717) is 23.5 Å². The van der Waals surface area contributed by atoms with Crippen molar-refractivity contribution in [3.8, 4) is 11.5 Å². The van der Waals surface area contributed by atoms with Gasteiger partial charge in [0, 0.05) is 6.42 Å². The molecule has 0 atom stereocenters. The molecule has 0 aliphatic rings. The number of carbonyl (C=O) groups is 2. The van der Waals surface area contributed by atoms with Crippen LogP contribution in [0.4, 0.5) is 0 Å². The molecule has 0 aromatic heterocycles. The summed E-state index contributed by atoms with van der Waals surface area (Å²) in [6.45, 7) is 2.05. The molecule has 0 spiro atoms. The zero-order valence-electron chi connectivity index (χ0n) is 15.1. The highest BCUT2D eigenvalue weighted by Crippen LogP contribution is 2.29. The van der Waals surface area contributed by atoms with Crippen molar-refractivity contribution < 1.29 is 19.4 Å². The number of carboxylic acid groups (broad SMARTS) is 1. The summed E-state index contributed by atoms with van der Waals surface area (Å²) in [6, 6.07) is 14.5. The molecule has 27 heavy (non-hydrogen) atoms. The number of nitrogens with one attached hydrogen (secondary N) is 1. The Bertz CT molecular complexity index is 815. The molecule has 0 saturated heterocycles. The van der Waals surface area contributed by atoms with Gasteiger partial charge in [-0.1, -0.05) is 44.0 Å². The largest absolute Gasteiger partial charge is 0.477 e. The van der Waals surface area contributed by atoms with Gasteiger partial charge in [-0.2, -0.15) is 0 Å². The maximum atomic E-state index is 11.9. The van der Waals surface area contributed by atoms with E-state index < -0.39 is 5.97 Å². The molecular weight excluding hydrogens is 410 g/mol. The Labute approximate surface area is 167 Å². The van der Waals surface area contributed by atoms with E-state index in [1.807, 2.05) is 31.2 Å². The monoisotopic (exact) mass is 431 g/mol. The van der Waals surface area contributed by atoms with Crippen LogP contribution in [0, 0.1) is 0 Å². The molecule has 142 valence electrons. The molecule has 0 heterocycles. The maximum Gasteiger partial charge on any atom is 0.352 e. The summed E-state index contributed by atoms with van der Waals surface area (Å²) in [6.07, 6.45) is 4.44. The minimum absolute atomic E-state index is 0.143. The summed E-state index contributed by atoms with van der Waals surface area (Å²) < 4.78 is 6.62. The van der Waals surface area contributed by atoms with E-state index >= 15 is 0 Å². The first-order chi connectivity index (χ1) is 13.0. The van der Waals surface area contributed by atoms with Crippen LogP contribution < -0.4 is 10.1 Å². The number of aliphatic carboxylic acids is 1. The summed E-state index contributed by atoms with van der Waals surface area (Å²) in [5.41, 5.74) is 0.511. The second-order valence-electron chi connectivity index (χ2n) is 5.97. The van der Waals surface area contributed by atoms with Crippen LogP contribution in [-0.4, -0.2) is 17.0 Å². The smallest absolute Gasteiger partial charge is 0.352 e. The van der Waals surface area contributed by atoms with Crippen LogP contribution >= 0.6 is 15.9 Å². The number of benzene rings is 2. The third-order valence-corrected chi connectivity index (χ3v) is 4.42. The third-order valence-electron chi connectivity index (χ3n) is 3.77. The second kappa shape index (κ2) is 10.5. The standard InChI is InChI=1S/C21H22BrNO4/c1-2-3-4-9-20(24)23-18(21(25)26)14-15-10-12-16(13-11-15)27-19-8-6-5-7-17(19)22/h5-8,10-14H,2-4,9H2,1H3,(H,23,24)(H,25,26)/b18-14-. The number of hydrogen-bond acceptors (Lipinski definition) is 3. The summed E-state index contributed by atoms with van der Waals surface area (Å²) in [4.78, 5) is 23.3. The summed E-state index contributed by atoms with van der Waals surface area (Å²) in [5, 5.41) is 11.8. The van der Waals surface area contributed by atoms with E-state index in [9.17, 15) is 14.7 Å². The lowest BCUT2D eigenvalue weighted by molar-refractivity contribution is -0.134. The highest BCUT2D eigenvalue weighted by molar-refractivity contribution is 9.10. The fourth-order valence-corrected chi connectivity index (χ4v) is 2.72. The van der Waals surface area contributed by atoms with Crippen molar-refractivity contribution >= 4 is 33.9 Å². The van der Waals surface area contributed by atoms with Crippen molar-refractivity contribution in [3.05, 3.63) is 64.3 Å². The van der Waals surface area contributed by atoms with E-state index in [1.165, 1.54) is 6.08 Å². The third kappa shape index (κ3) is 6.90. The molecular formula is C21H22BrNO4. The Balaban J connectivity index is 2.05. The zero-order valence-corrected chi connectivity index (χ0v) is 16.7. The highest BCUT2D eigenvalue weighted by Gasteiger charge is 2.11. The molecule has 6 heteroatoms.